The van der Waals surface area contributed by atoms with Crippen LogP contribution in [0.5, 0.6) is 0 Å². The first kappa shape index (κ1) is 19.2. The van der Waals surface area contributed by atoms with Crippen LogP contribution in [0.1, 0.15) is 69.1 Å². The molecule has 3 aromatic rings. The highest BCUT2D eigenvalue weighted by molar-refractivity contribution is 5.94. The van der Waals surface area contributed by atoms with Crippen molar-refractivity contribution in [3.8, 4) is 11.3 Å². The summed E-state index contributed by atoms with van der Waals surface area (Å²) in [4.78, 5) is 0. The average molecular weight is 373 g/mol. The summed E-state index contributed by atoms with van der Waals surface area (Å²) in [5.41, 5.74) is 7.36. The van der Waals surface area contributed by atoms with Gasteiger partial charge in [-0.1, -0.05) is 57.9 Å². The molecule has 1 aliphatic carbocycles. The molecule has 0 unspecified atom stereocenters. The molecule has 4 rings (SSSR count). The number of hydrogen-bond donors (Lipinski definition) is 0. The largest absolute Gasteiger partial charge is 0.220 e. The molecule has 1 saturated carbocycles. The summed E-state index contributed by atoms with van der Waals surface area (Å²) in [5.74, 6) is 0.748. The Hall–Kier alpha value is -2.15. The Morgan fingerprint density at radius 2 is 1.71 bits per heavy atom. The third-order valence-corrected chi connectivity index (χ3v) is 6.28. The van der Waals surface area contributed by atoms with Crippen LogP contribution in [0.15, 0.2) is 48.7 Å². The number of pyridine rings is 1. The third-order valence-electron chi connectivity index (χ3n) is 6.28. The van der Waals surface area contributed by atoms with Crippen molar-refractivity contribution in [2.24, 2.45) is 12.5 Å². The molecule has 0 amide bonds. The number of aryl methyl sites for hydroxylation is 2. The number of nitrogens with zero attached hydrogens (tertiary/aromatic N) is 1. The van der Waals surface area contributed by atoms with Gasteiger partial charge >= 0.3 is 0 Å². The van der Waals surface area contributed by atoms with E-state index in [2.05, 4.69) is 88.0 Å². The Kier molecular flexibility index (Phi) is 5.04. The van der Waals surface area contributed by atoms with Crippen LogP contribution in [0, 0.1) is 12.3 Å². The fourth-order valence-corrected chi connectivity index (χ4v) is 4.89. The van der Waals surface area contributed by atoms with E-state index < -0.39 is 0 Å². The number of hydrogen-bond acceptors (Lipinski definition) is 0. The molecule has 0 radical (unpaired) electrons. The van der Waals surface area contributed by atoms with Crippen LogP contribution in [0.4, 0.5) is 0 Å². The van der Waals surface area contributed by atoms with Gasteiger partial charge in [-0.05, 0) is 71.7 Å². The van der Waals surface area contributed by atoms with Gasteiger partial charge in [0.25, 0.3) is 0 Å². The van der Waals surface area contributed by atoms with Crippen LogP contribution < -0.4 is 4.57 Å². The summed E-state index contributed by atoms with van der Waals surface area (Å²) in [6, 6.07) is 16.5. The lowest BCUT2D eigenvalue weighted by molar-refractivity contribution is -0.659. The molecule has 146 valence electrons. The van der Waals surface area contributed by atoms with Crippen molar-refractivity contribution < 1.29 is 4.57 Å². The maximum Gasteiger partial charge on any atom is 0.220 e. The van der Waals surface area contributed by atoms with Gasteiger partial charge in [0.2, 0.25) is 5.69 Å². The van der Waals surface area contributed by atoms with Crippen molar-refractivity contribution in [2.75, 3.05) is 0 Å². The van der Waals surface area contributed by atoms with Gasteiger partial charge in [-0.25, -0.2) is 4.57 Å². The smallest absolute Gasteiger partial charge is 0.200 e. The fraction of sp³-hybridized carbons (Fsp3) is 0.444. The van der Waals surface area contributed by atoms with Crippen molar-refractivity contribution in [3.05, 3.63) is 65.4 Å². The topological polar surface area (TPSA) is 3.88 Å². The van der Waals surface area contributed by atoms with E-state index in [0.717, 1.165) is 12.3 Å². The third kappa shape index (κ3) is 3.85. The second kappa shape index (κ2) is 7.35. The number of fused-ring (bicyclic) bond motifs is 1. The molecule has 0 bridgehead atoms. The number of benzene rings is 2. The van der Waals surface area contributed by atoms with E-state index >= 15 is 0 Å². The van der Waals surface area contributed by atoms with Crippen molar-refractivity contribution >= 4 is 10.8 Å². The van der Waals surface area contributed by atoms with E-state index in [1.807, 2.05) is 0 Å². The fourth-order valence-electron chi connectivity index (χ4n) is 4.89. The minimum absolute atomic E-state index is 0.308. The molecule has 0 saturated heterocycles. The normalized spacial score (nSPS) is 15.5. The zero-order valence-electron chi connectivity index (χ0n) is 18.2. The molecule has 1 nitrogen and oxygen atoms in total. The van der Waals surface area contributed by atoms with Gasteiger partial charge in [-0.2, -0.15) is 0 Å². The summed E-state index contributed by atoms with van der Waals surface area (Å²) in [6.07, 6.45) is 8.79. The van der Waals surface area contributed by atoms with Gasteiger partial charge < -0.3 is 0 Å². The first-order chi connectivity index (χ1) is 13.3. The quantitative estimate of drug-likeness (QED) is 0.441. The summed E-state index contributed by atoms with van der Waals surface area (Å²) in [6.45, 7) is 9.18. The zero-order valence-corrected chi connectivity index (χ0v) is 18.2. The van der Waals surface area contributed by atoms with E-state index in [9.17, 15) is 0 Å². The molecule has 0 atom stereocenters. The van der Waals surface area contributed by atoms with E-state index in [-0.39, 0.29) is 0 Å². The highest BCUT2D eigenvalue weighted by Crippen LogP contribution is 2.37. The Morgan fingerprint density at radius 3 is 2.43 bits per heavy atom. The summed E-state index contributed by atoms with van der Waals surface area (Å²) in [5, 5.41) is 2.70. The molecular formula is C27H34N+. The van der Waals surface area contributed by atoms with Gasteiger partial charge in [0.1, 0.15) is 7.05 Å². The summed E-state index contributed by atoms with van der Waals surface area (Å²) in [7, 11) is 2.18. The Morgan fingerprint density at radius 1 is 0.964 bits per heavy atom. The van der Waals surface area contributed by atoms with E-state index in [4.69, 9.17) is 0 Å². The van der Waals surface area contributed by atoms with E-state index in [0.29, 0.717) is 5.41 Å². The minimum atomic E-state index is 0.308. The zero-order chi connectivity index (χ0) is 19.9. The molecule has 1 aliphatic rings. The average Bonchev–Trinajstić information content (AvgIpc) is 3.16. The van der Waals surface area contributed by atoms with Gasteiger partial charge in [0.15, 0.2) is 6.20 Å². The second-order valence-corrected chi connectivity index (χ2v) is 9.99. The molecule has 0 N–H and O–H groups in total. The number of aromatic nitrogens is 1. The summed E-state index contributed by atoms with van der Waals surface area (Å²) < 4.78 is 2.30. The molecule has 1 heterocycles. The molecule has 1 aromatic heterocycles. The maximum atomic E-state index is 2.48. The Bertz CT molecular complexity index is 1000. The van der Waals surface area contributed by atoms with Crippen molar-refractivity contribution in [3.63, 3.8) is 0 Å². The standard InChI is InChI=1S/C27H34N/c1-19-10-12-22(21-8-6-7-9-21)17-25(19)26-24-13-11-20(18-27(2,3)4)16-23(24)14-15-28(26)5/h10-17,21H,6-9,18H2,1-5H3/q+1. The lowest BCUT2D eigenvalue weighted by atomic mass is 9.87. The van der Waals surface area contributed by atoms with E-state index in [1.54, 1.807) is 0 Å². The monoisotopic (exact) mass is 372 g/mol. The van der Waals surface area contributed by atoms with E-state index in [1.165, 1.54) is 64.4 Å². The van der Waals surface area contributed by atoms with Crippen molar-refractivity contribution in [1.29, 1.82) is 0 Å². The molecule has 0 spiro atoms. The van der Waals surface area contributed by atoms with Crippen LogP contribution >= 0.6 is 0 Å². The molecular weight excluding hydrogens is 338 g/mol. The second-order valence-electron chi connectivity index (χ2n) is 9.99. The molecule has 28 heavy (non-hydrogen) atoms. The van der Waals surface area contributed by atoms with Crippen molar-refractivity contribution in [1.82, 2.24) is 0 Å². The lowest BCUT2D eigenvalue weighted by Crippen LogP contribution is -2.30. The first-order valence-corrected chi connectivity index (χ1v) is 10.8. The van der Waals surface area contributed by atoms with Crippen LogP contribution in [-0.4, -0.2) is 0 Å². The maximum absolute atomic E-state index is 2.48. The van der Waals surface area contributed by atoms with Crippen LogP contribution in [0.25, 0.3) is 22.0 Å². The SMILES string of the molecule is Cc1ccc(C2CCCC2)cc1-c1c2ccc(CC(C)(C)C)cc2cc[n+]1C. The van der Waals surface area contributed by atoms with Gasteiger partial charge in [0.05, 0.1) is 5.39 Å². The highest BCUT2D eigenvalue weighted by atomic mass is 14.9. The molecule has 1 fully saturated rings. The Balaban J connectivity index is 1.84. The van der Waals surface area contributed by atoms with Crippen LogP contribution in [0.2, 0.25) is 0 Å². The first-order valence-electron chi connectivity index (χ1n) is 10.8. The van der Waals surface area contributed by atoms with Gasteiger partial charge in [-0.3, -0.25) is 0 Å². The Labute approximate surface area is 170 Å². The van der Waals surface area contributed by atoms with Crippen LogP contribution in [0.3, 0.4) is 0 Å². The van der Waals surface area contributed by atoms with Crippen molar-refractivity contribution in [2.45, 2.75) is 65.7 Å². The van der Waals surface area contributed by atoms with Gasteiger partial charge in [-0.15, -0.1) is 0 Å². The lowest BCUT2D eigenvalue weighted by Gasteiger charge is -2.18. The highest BCUT2D eigenvalue weighted by Gasteiger charge is 2.22. The predicted octanol–water partition coefficient (Wildman–Crippen LogP) is 6.89. The number of rotatable bonds is 3. The molecule has 0 aliphatic heterocycles. The summed E-state index contributed by atoms with van der Waals surface area (Å²) >= 11 is 0. The molecule has 1 heteroatoms. The molecule has 2 aromatic carbocycles. The van der Waals surface area contributed by atoms with Crippen LogP contribution in [-0.2, 0) is 13.5 Å². The minimum Gasteiger partial charge on any atom is -0.200 e. The van der Waals surface area contributed by atoms with Gasteiger partial charge in [0, 0.05) is 11.6 Å². The predicted molar refractivity (Wildman–Crippen MR) is 120 cm³/mol.